The van der Waals surface area contributed by atoms with E-state index in [1.807, 2.05) is 12.5 Å². The van der Waals surface area contributed by atoms with Gasteiger partial charge >= 0.3 is 0 Å². The van der Waals surface area contributed by atoms with Crippen LogP contribution in [0.5, 0.6) is 0 Å². The number of hydrogen-bond acceptors (Lipinski definition) is 1. The van der Waals surface area contributed by atoms with Crippen molar-refractivity contribution in [1.29, 1.82) is 0 Å². The molecular weight excluding hydrogens is 160 g/mol. The largest absolute Gasteiger partial charge is 0.334 e. The van der Waals surface area contributed by atoms with E-state index < -0.39 is 0 Å². The standard InChI is InChI=1S/C11H18N2/c1-10(13-8-7-12-9-13)11-5-3-2-4-6-11/h7-11H,2-6H2,1H3. The molecule has 1 aromatic rings. The van der Waals surface area contributed by atoms with Crippen LogP contribution in [-0.4, -0.2) is 9.55 Å². The van der Waals surface area contributed by atoms with E-state index in [1.54, 1.807) is 0 Å². The molecule has 1 heterocycles. The molecule has 72 valence electrons. The first-order valence-electron chi connectivity index (χ1n) is 5.35. The summed E-state index contributed by atoms with van der Waals surface area (Å²) >= 11 is 0. The summed E-state index contributed by atoms with van der Waals surface area (Å²) in [6.45, 7) is 2.32. The summed E-state index contributed by atoms with van der Waals surface area (Å²) in [5.41, 5.74) is 0. The number of imidazole rings is 1. The van der Waals surface area contributed by atoms with E-state index in [1.165, 1.54) is 32.1 Å². The quantitative estimate of drug-likeness (QED) is 0.680. The van der Waals surface area contributed by atoms with Crippen LogP contribution in [0.1, 0.15) is 45.1 Å². The molecule has 1 atom stereocenters. The number of rotatable bonds is 2. The molecule has 0 radical (unpaired) electrons. The molecule has 1 saturated carbocycles. The number of aromatic nitrogens is 2. The second kappa shape index (κ2) is 3.95. The summed E-state index contributed by atoms with van der Waals surface area (Å²) in [5, 5.41) is 0. The van der Waals surface area contributed by atoms with Gasteiger partial charge in [0.2, 0.25) is 0 Å². The maximum absolute atomic E-state index is 4.10. The molecule has 0 aromatic carbocycles. The Hall–Kier alpha value is -0.790. The van der Waals surface area contributed by atoms with Gasteiger partial charge in [-0.15, -0.1) is 0 Å². The molecule has 0 bridgehead atoms. The molecule has 13 heavy (non-hydrogen) atoms. The molecule has 2 nitrogen and oxygen atoms in total. The molecule has 1 aromatic heterocycles. The normalized spacial score (nSPS) is 21.6. The molecule has 2 heteroatoms. The summed E-state index contributed by atoms with van der Waals surface area (Å²) in [5.74, 6) is 0.878. The average Bonchev–Trinajstić information content (AvgIpc) is 2.71. The van der Waals surface area contributed by atoms with Gasteiger partial charge in [0.05, 0.1) is 6.33 Å². The van der Waals surface area contributed by atoms with Crippen LogP contribution in [-0.2, 0) is 0 Å². The Bertz CT molecular complexity index is 235. The molecule has 1 fully saturated rings. The zero-order chi connectivity index (χ0) is 9.10. The van der Waals surface area contributed by atoms with Crippen LogP contribution in [0.25, 0.3) is 0 Å². The van der Waals surface area contributed by atoms with Gasteiger partial charge in [0, 0.05) is 18.4 Å². The van der Waals surface area contributed by atoms with Crippen LogP contribution in [0.15, 0.2) is 18.7 Å². The topological polar surface area (TPSA) is 17.8 Å². The van der Waals surface area contributed by atoms with E-state index >= 15 is 0 Å². The number of hydrogen-bond donors (Lipinski definition) is 0. The number of nitrogens with zero attached hydrogens (tertiary/aromatic N) is 2. The molecule has 0 aliphatic heterocycles. The van der Waals surface area contributed by atoms with Gasteiger partial charge in [0.15, 0.2) is 0 Å². The maximum Gasteiger partial charge on any atom is 0.0948 e. The van der Waals surface area contributed by atoms with Crippen molar-refractivity contribution in [3.05, 3.63) is 18.7 Å². The molecule has 1 aliphatic rings. The highest BCUT2D eigenvalue weighted by atomic mass is 15.0. The van der Waals surface area contributed by atoms with Crippen molar-refractivity contribution in [3.8, 4) is 0 Å². The first kappa shape index (κ1) is 8.79. The van der Waals surface area contributed by atoms with Crippen molar-refractivity contribution < 1.29 is 0 Å². The summed E-state index contributed by atoms with van der Waals surface area (Å²) in [6, 6.07) is 0.641. The predicted octanol–water partition coefficient (Wildman–Crippen LogP) is 3.02. The Morgan fingerprint density at radius 1 is 1.31 bits per heavy atom. The second-order valence-electron chi connectivity index (χ2n) is 4.15. The average molecular weight is 178 g/mol. The molecule has 2 rings (SSSR count). The zero-order valence-corrected chi connectivity index (χ0v) is 8.32. The third kappa shape index (κ3) is 1.93. The first-order chi connectivity index (χ1) is 6.38. The Labute approximate surface area is 80.0 Å². The van der Waals surface area contributed by atoms with Gasteiger partial charge in [0.1, 0.15) is 0 Å². The molecule has 0 N–H and O–H groups in total. The highest BCUT2D eigenvalue weighted by Gasteiger charge is 2.20. The van der Waals surface area contributed by atoms with E-state index in [0.717, 1.165) is 5.92 Å². The van der Waals surface area contributed by atoms with E-state index in [2.05, 4.69) is 22.7 Å². The summed E-state index contributed by atoms with van der Waals surface area (Å²) in [7, 11) is 0. The van der Waals surface area contributed by atoms with Crippen LogP contribution in [0.2, 0.25) is 0 Å². The van der Waals surface area contributed by atoms with Crippen LogP contribution >= 0.6 is 0 Å². The smallest absolute Gasteiger partial charge is 0.0948 e. The van der Waals surface area contributed by atoms with Crippen molar-refractivity contribution in [2.45, 2.75) is 45.1 Å². The van der Waals surface area contributed by atoms with Crippen molar-refractivity contribution >= 4 is 0 Å². The first-order valence-corrected chi connectivity index (χ1v) is 5.35. The van der Waals surface area contributed by atoms with E-state index in [9.17, 15) is 0 Å². The predicted molar refractivity (Wildman–Crippen MR) is 53.5 cm³/mol. The fourth-order valence-electron chi connectivity index (χ4n) is 2.37. The summed E-state index contributed by atoms with van der Waals surface area (Å²) < 4.78 is 2.25. The van der Waals surface area contributed by atoms with Gasteiger partial charge in [-0.25, -0.2) is 4.98 Å². The third-order valence-corrected chi connectivity index (χ3v) is 3.33. The fourth-order valence-corrected chi connectivity index (χ4v) is 2.37. The SMILES string of the molecule is CC(C1CCCCC1)n1ccnc1. The lowest BCUT2D eigenvalue weighted by atomic mass is 9.84. The minimum Gasteiger partial charge on any atom is -0.334 e. The van der Waals surface area contributed by atoms with E-state index in [-0.39, 0.29) is 0 Å². The van der Waals surface area contributed by atoms with Gasteiger partial charge in [-0.05, 0) is 25.7 Å². The van der Waals surface area contributed by atoms with E-state index in [0.29, 0.717) is 6.04 Å². The van der Waals surface area contributed by atoms with Crippen molar-refractivity contribution in [2.24, 2.45) is 5.92 Å². The highest BCUT2D eigenvalue weighted by Crippen LogP contribution is 2.32. The maximum atomic E-state index is 4.10. The second-order valence-corrected chi connectivity index (χ2v) is 4.15. The minimum atomic E-state index is 0.641. The highest BCUT2D eigenvalue weighted by molar-refractivity contribution is 4.83. The van der Waals surface area contributed by atoms with Crippen LogP contribution in [0.4, 0.5) is 0 Å². The van der Waals surface area contributed by atoms with Gasteiger partial charge in [-0.3, -0.25) is 0 Å². The van der Waals surface area contributed by atoms with Crippen molar-refractivity contribution in [2.75, 3.05) is 0 Å². The monoisotopic (exact) mass is 178 g/mol. The summed E-state index contributed by atoms with van der Waals surface area (Å²) in [4.78, 5) is 4.10. The minimum absolute atomic E-state index is 0.641. The molecule has 0 spiro atoms. The van der Waals surface area contributed by atoms with Crippen molar-refractivity contribution in [3.63, 3.8) is 0 Å². The zero-order valence-electron chi connectivity index (χ0n) is 8.32. The lowest BCUT2D eigenvalue weighted by Gasteiger charge is -2.28. The third-order valence-electron chi connectivity index (χ3n) is 3.33. The Morgan fingerprint density at radius 3 is 2.69 bits per heavy atom. The van der Waals surface area contributed by atoms with Gasteiger partial charge < -0.3 is 4.57 Å². The Kier molecular flexibility index (Phi) is 2.67. The fraction of sp³-hybridized carbons (Fsp3) is 0.727. The van der Waals surface area contributed by atoms with Crippen LogP contribution in [0, 0.1) is 5.92 Å². The summed E-state index contributed by atoms with van der Waals surface area (Å²) in [6.07, 6.45) is 13.0. The van der Waals surface area contributed by atoms with Gasteiger partial charge in [-0.2, -0.15) is 0 Å². The van der Waals surface area contributed by atoms with Gasteiger partial charge in [0.25, 0.3) is 0 Å². The Balaban J connectivity index is 1.99. The molecule has 1 unspecified atom stereocenters. The molecule has 1 aliphatic carbocycles. The molecule has 0 saturated heterocycles. The van der Waals surface area contributed by atoms with Crippen molar-refractivity contribution in [1.82, 2.24) is 9.55 Å². The van der Waals surface area contributed by atoms with Gasteiger partial charge in [-0.1, -0.05) is 19.3 Å². The van der Waals surface area contributed by atoms with Crippen LogP contribution in [0.3, 0.4) is 0 Å². The van der Waals surface area contributed by atoms with Crippen LogP contribution < -0.4 is 0 Å². The molecule has 0 amide bonds. The lowest BCUT2D eigenvalue weighted by molar-refractivity contribution is 0.264. The van der Waals surface area contributed by atoms with E-state index in [4.69, 9.17) is 0 Å². The Morgan fingerprint density at radius 2 is 2.08 bits per heavy atom. The lowest BCUT2D eigenvalue weighted by Crippen LogP contribution is -2.18. The molecular formula is C11H18N2.